The molecule has 4 nitrogen and oxygen atoms in total. The Hall–Kier alpha value is -1.20. The highest BCUT2D eigenvalue weighted by atomic mass is 19.3. The zero-order valence-corrected chi connectivity index (χ0v) is 13.3. The first-order valence-corrected chi connectivity index (χ1v) is 7.31. The molecule has 0 bridgehead atoms. The second kappa shape index (κ2) is 5.89. The number of rotatable bonds is 4. The summed E-state index contributed by atoms with van der Waals surface area (Å²) in [5.41, 5.74) is -3.84. The lowest BCUT2D eigenvalue weighted by atomic mass is 9.53. The van der Waals surface area contributed by atoms with Crippen LogP contribution in [0.25, 0.3) is 0 Å². The molecule has 0 aromatic heterocycles. The van der Waals surface area contributed by atoms with Crippen molar-refractivity contribution in [3.63, 3.8) is 0 Å². The summed E-state index contributed by atoms with van der Waals surface area (Å²) in [6.07, 6.45) is 0.557. The van der Waals surface area contributed by atoms with Gasteiger partial charge in [-0.3, -0.25) is 9.59 Å². The summed E-state index contributed by atoms with van der Waals surface area (Å²) in [5, 5.41) is 0. The Kier molecular flexibility index (Phi) is 5.01. The van der Waals surface area contributed by atoms with E-state index in [0.717, 1.165) is 0 Å². The third-order valence-electron chi connectivity index (χ3n) is 4.50. The second-order valence-electron chi connectivity index (χ2n) is 6.14. The third-order valence-corrected chi connectivity index (χ3v) is 4.50. The number of hydrogen-bond donors (Lipinski definition) is 0. The first kappa shape index (κ1) is 17.9. The van der Waals surface area contributed by atoms with Crippen LogP contribution in [-0.2, 0) is 19.1 Å². The summed E-state index contributed by atoms with van der Waals surface area (Å²) in [5.74, 6) is -7.00. The average molecular weight is 306 g/mol. The molecule has 1 aliphatic carbocycles. The largest absolute Gasteiger partial charge is 0.465 e. The Morgan fingerprint density at radius 1 is 1.10 bits per heavy atom. The predicted molar refractivity (Wildman–Crippen MR) is 72.8 cm³/mol. The second-order valence-corrected chi connectivity index (χ2v) is 6.14. The normalized spacial score (nSPS) is 26.0. The molecule has 1 unspecified atom stereocenters. The van der Waals surface area contributed by atoms with E-state index in [1.165, 1.54) is 34.6 Å². The summed E-state index contributed by atoms with van der Waals surface area (Å²) < 4.78 is 39.6. The minimum absolute atomic E-state index is 0.0689. The van der Waals surface area contributed by atoms with Crippen molar-refractivity contribution in [1.82, 2.24) is 0 Å². The Morgan fingerprint density at radius 2 is 1.52 bits per heavy atom. The van der Waals surface area contributed by atoms with E-state index in [1.54, 1.807) is 0 Å². The first-order chi connectivity index (χ1) is 9.59. The number of halogens is 2. The van der Waals surface area contributed by atoms with Crippen molar-refractivity contribution >= 4 is 11.9 Å². The summed E-state index contributed by atoms with van der Waals surface area (Å²) in [6.45, 7) is 7.26. The molecule has 1 saturated carbocycles. The van der Waals surface area contributed by atoms with Gasteiger partial charge in [0.2, 0.25) is 5.41 Å². The van der Waals surface area contributed by atoms with E-state index in [2.05, 4.69) is 0 Å². The maximum Gasteiger partial charge on any atom is 0.330 e. The molecule has 0 amide bonds. The van der Waals surface area contributed by atoms with Gasteiger partial charge in [-0.1, -0.05) is 20.8 Å². The molecule has 21 heavy (non-hydrogen) atoms. The predicted octanol–water partition coefficient (Wildman–Crippen LogP) is 3.19. The highest BCUT2D eigenvalue weighted by molar-refractivity contribution is 6.02. The molecule has 0 radical (unpaired) electrons. The maximum atomic E-state index is 15.0. The van der Waals surface area contributed by atoms with Gasteiger partial charge in [0.15, 0.2) is 0 Å². The molecule has 6 heteroatoms. The van der Waals surface area contributed by atoms with E-state index >= 15 is 0 Å². The van der Waals surface area contributed by atoms with Gasteiger partial charge in [0, 0.05) is 5.92 Å². The first-order valence-electron chi connectivity index (χ1n) is 7.31. The molecular weight excluding hydrogens is 282 g/mol. The lowest BCUT2D eigenvalue weighted by Crippen LogP contribution is -2.67. The van der Waals surface area contributed by atoms with Crippen LogP contribution < -0.4 is 0 Å². The van der Waals surface area contributed by atoms with E-state index in [9.17, 15) is 18.4 Å². The molecular formula is C15H24F2O4. The van der Waals surface area contributed by atoms with Crippen molar-refractivity contribution in [1.29, 1.82) is 0 Å². The molecule has 0 aromatic carbocycles. The van der Waals surface area contributed by atoms with Crippen molar-refractivity contribution in [3.05, 3.63) is 0 Å². The van der Waals surface area contributed by atoms with Crippen molar-refractivity contribution in [3.8, 4) is 0 Å². The summed E-state index contributed by atoms with van der Waals surface area (Å²) >= 11 is 0. The van der Waals surface area contributed by atoms with Gasteiger partial charge in [-0.2, -0.15) is 0 Å². The number of alkyl halides is 2. The molecule has 122 valence electrons. The smallest absolute Gasteiger partial charge is 0.330 e. The maximum absolute atomic E-state index is 15.0. The van der Waals surface area contributed by atoms with Gasteiger partial charge in [-0.15, -0.1) is 0 Å². The highest BCUT2D eigenvalue weighted by Crippen LogP contribution is 2.61. The van der Waals surface area contributed by atoms with Crippen LogP contribution in [0, 0.1) is 16.7 Å². The van der Waals surface area contributed by atoms with Gasteiger partial charge < -0.3 is 9.47 Å². The molecule has 0 heterocycles. The Balaban J connectivity index is 3.55. The molecule has 1 fully saturated rings. The summed E-state index contributed by atoms with van der Waals surface area (Å²) in [6, 6.07) is 0. The molecule has 1 aliphatic rings. The van der Waals surface area contributed by atoms with Crippen molar-refractivity contribution in [2.45, 2.75) is 53.4 Å². The zero-order valence-electron chi connectivity index (χ0n) is 13.3. The molecule has 0 N–H and O–H groups in total. The molecule has 0 saturated heterocycles. The van der Waals surface area contributed by atoms with Crippen LogP contribution in [-0.4, -0.2) is 31.1 Å². The van der Waals surface area contributed by atoms with Crippen LogP contribution in [0.3, 0.4) is 0 Å². The minimum Gasteiger partial charge on any atom is -0.465 e. The number of hydrogen-bond acceptors (Lipinski definition) is 4. The van der Waals surface area contributed by atoms with E-state index in [1.807, 2.05) is 0 Å². The number of carbonyl (C=O) groups excluding carboxylic acids is 2. The van der Waals surface area contributed by atoms with Crippen LogP contribution in [0.2, 0.25) is 0 Å². The van der Waals surface area contributed by atoms with Crippen LogP contribution >= 0.6 is 0 Å². The lowest BCUT2D eigenvalue weighted by Gasteiger charge is -2.52. The Labute approximate surface area is 124 Å². The van der Waals surface area contributed by atoms with Gasteiger partial charge in [0.05, 0.1) is 13.2 Å². The Bertz CT molecular complexity index is 400. The van der Waals surface area contributed by atoms with Gasteiger partial charge in [-0.05, 0) is 32.1 Å². The minimum atomic E-state index is -3.52. The third kappa shape index (κ3) is 2.42. The summed E-state index contributed by atoms with van der Waals surface area (Å²) in [7, 11) is 0. The van der Waals surface area contributed by atoms with Gasteiger partial charge in [0.1, 0.15) is 0 Å². The van der Waals surface area contributed by atoms with Crippen molar-refractivity contribution in [2.75, 3.05) is 13.2 Å². The Morgan fingerprint density at radius 3 is 1.90 bits per heavy atom. The van der Waals surface area contributed by atoms with E-state index in [-0.39, 0.29) is 19.6 Å². The standard InChI is InChI=1S/C15H24F2O4/c1-6-20-11(18)14(12(19)21-7-2)13(4,5)9-8-10(3)15(14,16)17/h10H,6-9H2,1-5H3. The van der Waals surface area contributed by atoms with Gasteiger partial charge in [0.25, 0.3) is 5.92 Å². The number of carbonyl (C=O) groups is 2. The fraction of sp³-hybridized carbons (Fsp3) is 0.867. The van der Waals surface area contributed by atoms with E-state index < -0.39 is 34.6 Å². The molecule has 0 aliphatic heterocycles. The van der Waals surface area contributed by atoms with Crippen LogP contribution in [0.1, 0.15) is 47.5 Å². The van der Waals surface area contributed by atoms with Crippen molar-refractivity contribution in [2.24, 2.45) is 16.7 Å². The fourth-order valence-corrected chi connectivity index (χ4v) is 3.15. The van der Waals surface area contributed by atoms with Crippen LogP contribution in [0.5, 0.6) is 0 Å². The quantitative estimate of drug-likeness (QED) is 0.591. The van der Waals surface area contributed by atoms with Crippen LogP contribution in [0.15, 0.2) is 0 Å². The van der Waals surface area contributed by atoms with Crippen LogP contribution in [0.4, 0.5) is 8.78 Å². The topological polar surface area (TPSA) is 52.6 Å². The SMILES string of the molecule is CCOC(=O)C1(C(=O)OCC)C(C)(C)CCC(C)C1(F)F. The molecule has 0 aromatic rings. The van der Waals surface area contributed by atoms with E-state index in [4.69, 9.17) is 9.47 Å². The fourth-order valence-electron chi connectivity index (χ4n) is 3.15. The number of esters is 2. The molecule has 1 rings (SSSR count). The zero-order chi connectivity index (χ0) is 16.5. The van der Waals surface area contributed by atoms with Gasteiger partial charge >= 0.3 is 11.9 Å². The average Bonchev–Trinajstić information content (AvgIpc) is 2.35. The molecule has 1 atom stereocenters. The van der Waals surface area contributed by atoms with Crippen molar-refractivity contribution < 1.29 is 27.8 Å². The lowest BCUT2D eigenvalue weighted by molar-refractivity contribution is -0.248. The number of ether oxygens (including phenoxy) is 2. The molecule has 0 spiro atoms. The summed E-state index contributed by atoms with van der Waals surface area (Å²) in [4.78, 5) is 24.8. The van der Waals surface area contributed by atoms with E-state index in [0.29, 0.717) is 6.42 Å². The van der Waals surface area contributed by atoms with Gasteiger partial charge in [-0.25, -0.2) is 8.78 Å². The monoisotopic (exact) mass is 306 g/mol. The highest BCUT2D eigenvalue weighted by Gasteiger charge is 2.76.